The average molecular weight is 314 g/mol. The number of aryl methyl sites for hydroxylation is 1. The van der Waals surface area contributed by atoms with Crippen LogP contribution in [0.1, 0.15) is 38.2 Å². The van der Waals surface area contributed by atoms with Crippen molar-refractivity contribution in [2.75, 3.05) is 6.54 Å². The molecule has 2 rings (SSSR count). The van der Waals surface area contributed by atoms with E-state index in [1.54, 1.807) is 13.0 Å². The second kappa shape index (κ2) is 6.02. The fourth-order valence-electron chi connectivity index (χ4n) is 3.05. The second-order valence-corrected chi connectivity index (χ2v) is 7.70. The van der Waals surface area contributed by atoms with E-state index in [-0.39, 0.29) is 17.4 Å². The summed E-state index contributed by atoms with van der Waals surface area (Å²) in [6.45, 7) is 3.96. The second-order valence-electron chi connectivity index (χ2n) is 6.05. The maximum atomic E-state index is 13.9. The van der Waals surface area contributed by atoms with Crippen molar-refractivity contribution in [3.63, 3.8) is 0 Å². The van der Waals surface area contributed by atoms with Gasteiger partial charge in [-0.3, -0.25) is 0 Å². The Bertz CT molecular complexity index is 618. The van der Waals surface area contributed by atoms with E-state index in [4.69, 9.17) is 5.73 Å². The number of benzene rings is 1. The van der Waals surface area contributed by atoms with Gasteiger partial charge in [0, 0.05) is 12.1 Å². The molecular formula is C15H23FN2O2S. The fourth-order valence-corrected chi connectivity index (χ4v) is 4.75. The standard InChI is InChI=1S/C15H23FN2O2S/c1-11-6-7-13(16)14(9-11)21(19,20)18-15(10-17)8-4-3-5-12(15)2/h6-7,9,12,18H,3-5,8,10,17H2,1-2H3. The molecule has 118 valence electrons. The molecule has 21 heavy (non-hydrogen) atoms. The highest BCUT2D eigenvalue weighted by Gasteiger charge is 2.41. The van der Waals surface area contributed by atoms with Crippen molar-refractivity contribution in [2.24, 2.45) is 11.7 Å². The third-order valence-corrected chi connectivity index (χ3v) is 6.10. The molecule has 2 unspecified atom stereocenters. The summed E-state index contributed by atoms with van der Waals surface area (Å²) in [6.07, 6.45) is 3.62. The Kier molecular flexibility index (Phi) is 4.70. The molecule has 1 aromatic carbocycles. The summed E-state index contributed by atoms with van der Waals surface area (Å²) in [6, 6.07) is 4.09. The molecule has 6 heteroatoms. The van der Waals surface area contributed by atoms with Gasteiger partial charge in [0.05, 0.1) is 0 Å². The van der Waals surface area contributed by atoms with Gasteiger partial charge in [-0.2, -0.15) is 0 Å². The molecule has 0 saturated heterocycles. The van der Waals surface area contributed by atoms with E-state index < -0.39 is 21.4 Å². The van der Waals surface area contributed by atoms with Crippen LogP contribution in [0.15, 0.2) is 23.1 Å². The van der Waals surface area contributed by atoms with Gasteiger partial charge in [-0.25, -0.2) is 17.5 Å². The molecule has 0 heterocycles. The Morgan fingerprint density at radius 3 is 2.76 bits per heavy atom. The highest BCUT2D eigenvalue weighted by atomic mass is 32.2. The maximum absolute atomic E-state index is 13.9. The van der Waals surface area contributed by atoms with Crippen molar-refractivity contribution in [3.8, 4) is 0 Å². The lowest BCUT2D eigenvalue weighted by Gasteiger charge is -2.42. The van der Waals surface area contributed by atoms with Gasteiger partial charge in [-0.1, -0.05) is 25.8 Å². The zero-order valence-electron chi connectivity index (χ0n) is 12.5. The van der Waals surface area contributed by atoms with Crippen LogP contribution in [0, 0.1) is 18.7 Å². The molecular weight excluding hydrogens is 291 g/mol. The van der Waals surface area contributed by atoms with E-state index in [1.807, 2.05) is 6.92 Å². The van der Waals surface area contributed by atoms with Gasteiger partial charge < -0.3 is 5.73 Å². The minimum absolute atomic E-state index is 0.138. The Balaban J connectivity index is 2.37. The maximum Gasteiger partial charge on any atom is 0.244 e. The molecule has 1 aromatic rings. The number of hydrogen-bond donors (Lipinski definition) is 2. The fraction of sp³-hybridized carbons (Fsp3) is 0.600. The van der Waals surface area contributed by atoms with E-state index in [0.29, 0.717) is 12.0 Å². The van der Waals surface area contributed by atoms with E-state index in [2.05, 4.69) is 4.72 Å². The van der Waals surface area contributed by atoms with Gasteiger partial charge in [-0.05, 0) is 43.4 Å². The van der Waals surface area contributed by atoms with Crippen LogP contribution in [0.2, 0.25) is 0 Å². The summed E-state index contributed by atoms with van der Waals surface area (Å²) in [4.78, 5) is -0.298. The molecule has 1 aliphatic carbocycles. The Morgan fingerprint density at radius 1 is 1.43 bits per heavy atom. The monoisotopic (exact) mass is 314 g/mol. The van der Waals surface area contributed by atoms with Crippen molar-refractivity contribution in [1.29, 1.82) is 0 Å². The largest absolute Gasteiger partial charge is 0.329 e. The molecule has 0 radical (unpaired) electrons. The zero-order valence-corrected chi connectivity index (χ0v) is 13.3. The van der Waals surface area contributed by atoms with Gasteiger partial charge in [0.1, 0.15) is 10.7 Å². The van der Waals surface area contributed by atoms with E-state index in [0.717, 1.165) is 19.3 Å². The predicted octanol–water partition coefficient (Wildman–Crippen LogP) is 2.32. The first-order valence-electron chi connectivity index (χ1n) is 7.31. The van der Waals surface area contributed by atoms with E-state index in [1.165, 1.54) is 12.1 Å². The molecule has 3 N–H and O–H groups in total. The normalized spacial score (nSPS) is 26.8. The summed E-state index contributed by atoms with van der Waals surface area (Å²) in [5.41, 5.74) is 5.89. The first-order valence-corrected chi connectivity index (χ1v) is 8.79. The van der Waals surface area contributed by atoms with Crippen LogP contribution in [0.5, 0.6) is 0 Å². The first-order chi connectivity index (χ1) is 9.81. The summed E-state index contributed by atoms with van der Waals surface area (Å²) in [5.74, 6) is -0.595. The predicted molar refractivity (Wildman–Crippen MR) is 80.9 cm³/mol. The molecule has 0 bridgehead atoms. The van der Waals surface area contributed by atoms with Gasteiger partial charge in [0.2, 0.25) is 10.0 Å². The molecule has 1 fully saturated rings. The Labute approximate surface area is 126 Å². The SMILES string of the molecule is Cc1ccc(F)c(S(=O)(=O)NC2(CN)CCCCC2C)c1. The van der Waals surface area contributed by atoms with Crippen LogP contribution in [0.4, 0.5) is 4.39 Å². The van der Waals surface area contributed by atoms with E-state index >= 15 is 0 Å². The lowest BCUT2D eigenvalue weighted by atomic mass is 9.74. The van der Waals surface area contributed by atoms with Crippen molar-refractivity contribution < 1.29 is 12.8 Å². The van der Waals surface area contributed by atoms with Gasteiger partial charge in [0.15, 0.2) is 0 Å². The number of rotatable bonds is 4. The summed E-state index contributed by atoms with van der Waals surface area (Å²) >= 11 is 0. The molecule has 0 amide bonds. The van der Waals surface area contributed by atoms with Crippen LogP contribution in [0.25, 0.3) is 0 Å². The smallest absolute Gasteiger partial charge is 0.244 e. The van der Waals surface area contributed by atoms with Crippen LogP contribution >= 0.6 is 0 Å². The number of nitrogens with two attached hydrogens (primary N) is 1. The van der Waals surface area contributed by atoms with Crippen molar-refractivity contribution in [2.45, 2.75) is 50.0 Å². The van der Waals surface area contributed by atoms with Gasteiger partial charge in [-0.15, -0.1) is 0 Å². The first kappa shape index (κ1) is 16.4. The molecule has 0 aliphatic heterocycles. The van der Waals surface area contributed by atoms with E-state index in [9.17, 15) is 12.8 Å². The Morgan fingerprint density at radius 2 is 2.14 bits per heavy atom. The van der Waals surface area contributed by atoms with Crippen molar-refractivity contribution in [1.82, 2.24) is 4.72 Å². The molecule has 1 saturated carbocycles. The van der Waals surface area contributed by atoms with Crippen LogP contribution in [0.3, 0.4) is 0 Å². The van der Waals surface area contributed by atoms with Crippen LogP contribution < -0.4 is 10.5 Å². The van der Waals surface area contributed by atoms with Gasteiger partial charge >= 0.3 is 0 Å². The minimum Gasteiger partial charge on any atom is -0.329 e. The zero-order chi connectivity index (χ0) is 15.7. The summed E-state index contributed by atoms with van der Waals surface area (Å²) in [7, 11) is -3.92. The Hall–Kier alpha value is -0.980. The molecule has 1 aliphatic rings. The third kappa shape index (κ3) is 3.27. The minimum atomic E-state index is -3.92. The highest BCUT2D eigenvalue weighted by Crippen LogP contribution is 2.34. The quantitative estimate of drug-likeness (QED) is 0.896. The molecule has 0 aromatic heterocycles. The molecule has 0 spiro atoms. The molecule has 4 nitrogen and oxygen atoms in total. The number of halogens is 1. The summed E-state index contributed by atoms with van der Waals surface area (Å²) < 4.78 is 41.7. The number of sulfonamides is 1. The van der Waals surface area contributed by atoms with Crippen molar-refractivity contribution in [3.05, 3.63) is 29.6 Å². The molecule has 2 atom stereocenters. The topological polar surface area (TPSA) is 72.2 Å². The van der Waals surface area contributed by atoms with Gasteiger partial charge in [0.25, 0.3) is 0 Å². The number of hydrogen-bond acceptors (Lipinski definition) is 3. The van der Waals surface area contributed by atoms with Crippen LogP contribution in [-0.2, 0) is 10.0 Å². The average Bonchev–Trinajstić information content (AvgIpc) is 2.44. The lowest BCUT2D eigenvalue weighted by Crippen LogP contribution is -2.59. The number of nitrogens with one attached hydrogen (secondary N) is 1. The summed E-state index contributed by atoms with van der Waals surface area (Å²) in [5, 5.41) is 0. The lowest BCUT2D eigenvalue weighted by molar-refractivity contribution is 0.191. The van der Waals surface area contributed by atoms with Crippen LogP contribution in [-0.4, -0.2) is 20.5 Å². The third-order valence-electron chi connectivity index (χ3n) is 4.53. The highest BCUT2D eigenvalue weighted by molar-refractivity contribution is 7.89. The van der Waals surface area contributed by atoms with Crippen molar-refractivity contribution >= 4 is 10.0 Å².